The third-order valence-electron chi connectivity index (χ3n) is 7.53. The van der Waals surface area contributed by atoms with E-state index in [1.807, 2.05) is 0 Å². The fraction of sp³-hybridized carbons (Fsp3) is 0.481. The first-order valence-electron chi connectivity index (χ1n) is 13.7. The monoisotopic (exact) mass is 618 g/mol. The molecule has 232 valence electrons. The topological polar surface area (TPSA) is 200 Å². The van der Waals surface area contributed by atoms with E-state index in [4.69, 9.17) is 24.3 Å². The van der Waals surface area contributed by atoms with E-state index in [1.54, 1.807) is 47.4 Å². The number of amides is 1. The zero-order chi connectivity index (χ0) is 30.9. The number of ether oxygens (including phenoxy) is 2. The Hall–Kier alpha value is -3.59. The van der Waals surface area contributed by atoms with Crippen LogP contribution < -0.4 is 15.3 Å². The van der Waals surface area contributed by atoms with Gasteiger partial charge in [-0.05, 0) is 38.1 Å². The van der Waals surface area contributed by atoms with Crippen LogP contribution in [0.25, 0.3) is 5.52 Å². The van der Waals surface area contributed by atoms with Crippen LogP contribution in [0.5, 0.6) is 5.75 Å². The van der Waals surface area contributed by atoms with E-state index in [1.165, 1.54) is 31.6 Å². The number of nitrogens with one attached hydrogen (secondary N) is 1. The summed E-state index contributed by atoms with van der Waals surface area (Å²) in [7, 11) is -4.32. The van der Waals surface area contributed by atoms with Gasteiger partial charge < -0.3 is 34.8 Å². The average Bonchev–Trinajstić information content (AvgIpc) is 3.67. The minimum atomic E-state index is -4.32. The number of aliphatic hydroxyl groups is 2. The molecule has 0 aliphatic carbocycles. The minimum absolute atomic E-state index is 0.112. The Morgan fingerprint density at radius 2 is 2.00 bits per heavy atom. The van der Waals surface area contributed by atoms with Crippen LogP contribution in [-0.4, -0.2) is 91.2 Å². The van der Waals surface area contributed by atoms with Crippen LogP contribution in [0.3, 0.4) is 0 Å². The Balaban J connectivity index is 1.30. The molecule has 43 heavy (non-hydrogen) atoms. The molecule has 5 rings (SSSR count). The molecule has 2 aliphatic heterocycles. The van der Waals surface area contributed by atoms with Crippen molar-refractivity contribution in [2.75, 3.05) is 25.4 Å². The molecule has 4 heterocycles. The summed E-state index contributed by atoms with van der Waals surface area (Å²) in [5.74, 6) is -0.406. The maximum absolute atomic E-state index is 14.0. The van der Waals surface area contributed by atoms with E-state index in [0.29, 0.717) is 24.2 Å². The van der Waals surface area contributed by atoms with Gasteiger partial charge in [-0.2, -0.15) is 10.2 Å². The summed E-state index contributed by atoms with van der Waals surface area (Å²) >= 11 is 0. The van der Waals surface area contributed by atoms with Crippen LogP contribution in [-0.2, 0) is 28.2 Å². The van der Waals surface area contributed by atoms with Gasteiger partial charge in [0.15, 0.2) is 5.82 Å². The van der Waals surface area contributed by atoms with Gasteiger partial charge in [-0.1, -0.05) is 18.2 Å². The summed E-state index contributed by atoms with van der Waals surface area (Å²) in [4.78, 5) is 30.0. The van der Waals surface area contributed by atoms with Gasteiger partial charge in [-0.25, -0.2) is 14.1 Å². The highest BCUT2D eigenvalue weighted by atomic mass is 31.2. The second kappa shape index (κ2) is 12.2. The van der Waals surface area contributed by atoms with Crippen molar-refractivity contribution in [1.29, 1.82) is 0 Å². The number of fused-ring (bicyclic) bond motifs is 1. The summed E-state index contributed by atoms with van der Waals surface area (Å²) in [5.41, 5.74) is 5.26. The first kappa shape index (κ1) is 30.9. The van der Waals surface area contributed by atoms with Crippen molar-refractivity contribution in [3.05, 3.63) is 54.5 Å². The predicted molar refractivity (Wildman–Crippen MR) is 152 cm³/mol. The number of nitrogen functional groups attached to an aromatic ring is 1. The molecule has 0 spiro atoms. The maximum atomic E-state index is 14.0. The summed E-state index contributed by atoms with van der Waals surface area (Å²) < 4.78 is 38.6. The fourth-order valence-electron chi connectivity index (χ4n) is 5.09. The zero-order valence-electron chi connectivity index (χ0n) is 23.9. The van der Waals surface area contributed by atoms with Crippen LogP contribution in [0.15, 0.2) is 48.8 Å². The summed E-state index contributed by atoms with van der Waals surface area (Å²) in [6.45, 7) is 4.62. The summed E-state index contributed by atoms with van der Waals surface area (Å²) in [6, 6.07) is 10.4. The molecule has 7 atom stereocenters. The maximum Gasteiger partial charge on any atom is 0.459 e. The molecule has 2 saturated heterocycles. The van der Waals surface area contributed by atoms with Crippen LogP contribution in [0.1, 0.15) is 39.0 Å². The zero-order valence-corrected chi connectivity index (χ0v) is 24.8. The highest BCUT2D eigenvalue weighted by Crippen LogP contribution is 2.48. The Labute approximate surface area is 247 Å². The molecule has 2 aliphatic rings. The van der Waals surface area contributed by atoms with Gasteiger partial charge in [0.1, 0.15) is 53.7 Å². The molecule has 15 nitrogen and oxygen atoms in total. The molecule has 5 N–H and O–H groups in total. The number of esters is 1. The van der Waals surface area contributed by atoms with Crippen LogP contribution in [0.4, 0.5) is 5.82 Å². The number of likely N-dealkylation sites (tertiary alicyclic amines) is 1. The standard InChI is InChI=1S/C27H35N6O9P/c1-16(26(37)40-19-11-12-32(13-19)17(2)34)31-43(38,42-18-7-5-4-6-8-18)39-14-27(3)24(36)22(35)23(41-27)20-9-10-21-25(28)29-15-30-33(20)21/h4-10,15-16,19,22-24,35-36H,11-14H2,1-3H3,(H,31,38)(H2,28,29,30)/t16-,19+,22-,23-,24-,27+,43?/m0/s1. The van der Waals surface area contributed by atoms with E-state index < -0.39 is 56.4 Å². The SMILES string of the molecule is CC(=O)N1CC[C@@H](OC(=O)[C@H](C)NP(=O)(OC[C@@]2(C)O[C@@H](c3ccc4c(N)ncnn34)[C@H](O)[C@@H]2O)Oc2ccccc2)C1. The van der Waals surface area contributed by atoms with E-state index in [0.717, 1.165) is 0 Å². The number of carbonyl (C=O) groups is 2. The highest BCUT2D eigenvalue weighted by Gasteiger charge is 2.54. The van der Waals surface area contributed by atoms with Crippen molar-refractivity contribution >= 4 is 31.0 Å². The first-order chi connectivity index (χ1) is 20.4. The molecule has 2 fully saturated rings. The number of aromatic nitrogens is 3. The number of benzene rings is 1. The lowest BCUT2D eigenvalue weighted by Crippen LogP contribution is -2.45. The lowest BCUT2D eigenvalue weighted by molar-refractivity contribution is -0.150. The van der Waals surface area contributed by atoms with Gasteiger partial charge >= 0.3 is 13.7 Å². The number of carbonyl (C=O) groups excluding carboxylic acids is 2. The number of hydrogen-bond acceptors (Lipinski definition) is 12. The van der Waals surface area contributed by atoms with E-state index >= 15 is 0 Å². The Kier molecular flexibility index (Phi) is 8.75. The minimum Gasteiger partial charge on any atom is -0.459 e. The molecule has 1 unspecified atom stereocenters. The highest BCUT2D eigenvalue weighted by molar-refractivity contribution is 7.52. The molecule has 0 saturated carbocycles. The molecule has 0 radical (unpaired) electrons. The van der Waals surface area contributed by atoms with Crippen molar-refractivity contribution < 1.29 is 42.9 Å². The smallest absolute Gasteiger partial charge is 0.459 e. The number of hydrogen-bond donors (Lipinski definition) is 4. The first-order valence-corrected chi connectivity index (χ1v) is 15.3. The number of para-hydroxylation sites is 1. The van der Waals surface area contributed by atoms with Crippen molar-refractivity contribution in [3.63, 3.8) is 0 Å². The van der Waals surface area contributed by atoms with Crippen molar-refractivity contribution in [2.24, 2.45) is 0 Å². The van der Waals surface area contributed by atoms with Crippen LogP contribution >= 0.6 is 7.75 Å². The quantitative estimate of drug-likeness (QED) is 0.187. The lowest BCUT2D eigenvalue weighted by atomic mass is 9.97. The number of rotatable bonds is 10. The van der Waals surface area contributed by atoms with E-state index in [2.05, 4.69) is 15.2 Å². The van der Waals surface area contributed by atoms with Crippen molar-refractivity contribution in [2.45, 2.75) is 63.3 Å². The van der Waals surface area contributed by atoms with Gasteiger partial charge in [-0.15, -0.1) is 0 Å². The lowest BCUT2D eigenvalue weighted by Gasteiger charge is -2.30. The molecule has 16 heteroatoms. The molecule has 1 aromatic carbocycles. The normalized spacial score (nSPS) is 27.6. The van der Waals surface area contributed by atoms with Crippen molar-refractivity contribution in [1.82, 2.24) is 24.6 Å². The molecule has 0 bridgehead atoms. The van der Waals surface area contributed by atoms with Gasteiger partial charge in [0.2, 0.25) is 5.91 Å². The van der Waals surface area contributed by atoms with Crippen LogP contribution in [0, 0.1) is 0 Å². The largest absolute Gasteiger partial charge is 0.459 e. The van der Waals surface area contributed by atoms with Gasteiger partial charge in [-0.3, -0.25) is 14.1 Å². The molecule has 1 amide bonds. The average molecular weight is 619 g/mol. The van der Waals surface area contributed by atoms with E-state index in [-0.39, 0.29) is 24.0 Å². The molecule has 2 aromatic heterocycles. The third kappa shape index (κ3) is 6.51. The van der Waals surface area contributed by atoms with Gasteiger partial charge in [0, 0.05) is 19.9 Å². The number of aliphatic hydroxyl groups excluding tert-OH is 2. The summed E-state index contributed by atoms with van der Waals surface area (Å²) in [6.07, 6.45) is -2.67. The Morgan fingerprint density at radius 1 is 1.26 bits per heavy atom. The number of nitrogens with two attached hydrogens (primary N) is 1. The van der Waals surface area contributed by atoms with Crippen molar-refractivity contribution in [3.8, 4) is 5.75 Å². The molecular weight excluding hydrogens is 583 g/mol. The van der Waals surface area contributed by atoms with E-state index in [9.17, 15) is 24.4 Å². The third-order valence-corrected chi connectivity index (χ3v) is 9.15. The second-order valence-electron chi connectivity index (χ2n) is 10.8. The molecular formula is C27H35N6O9P. The Bertz CT molecular complexity index is 1520. The van der Waals surface area contributed by atoms with Gasteiger partial charge in [0.25, 0.3) is 0 Å². The predicted octanol–water partition coefficient (Wildman–Crippen LogP) is 1.21. The number of nitrogens with zero attached hydrogens (tertiary/aromatic N) is 4. The number of anilines is 1. The molecule has 3 aromatic rings. The summed E-state index contributed by atoms with van der Waals surface area (Å²) in [5, 5.41) is 28.7. The fourth-order valence-corrected chi connectivity index (χ4v) is 6.67. The Morgan fingerprint density at radius 3 is 2.70 bits per heavy atom. The van der Waals surface area contributed by atoms with Gasteiger partial charge in [0.05, 0.1) is 18.8 Å². The van der Waals surface area contributed by atoms with Crippen LogP contribution in [0.2, 0.25) is 0 Å². The second-order valence-corrected chi connectivity index (χ2v) is 12.5.